The highest BCUT2D eigenvalue weighted by molar-refractivity contribution is 5.42. The number of phenolic OH excluding ortho intramolecular Hbond substituents is 1. The molecule has 1 aliphatic rings. The van der Waals surface area contributed by atoms with E-state index in [1.807, 2.05) is 6.07 Å². The van der Waals surface area contributed by atoms with Crippen molar-refractivity contribution in [3.63, 3.8) is 0 Å². The van der Waals surface area contributed by atoms with Crippen molar-refractivity contribution < 1.29 is 19.3 Å². The molecule has 2 atom stereocenters. The van der Waals surface area contributed by atoms with E-state index in [1.54, 1.807) is 19.1 Å². The SMILES string of the molecule is COc1ccc(C2COC(C)(CN)O2)cc1O. The van der Waals surface area contributed by atoms with E-state index >= 15 is 0 Å². The van der Waals surface area contributed by atoms with Gasteiger partial charge in [0.25, 0.3) is 0 Å². The maximum Gasteiger partial charge on any atom is 0.178 e. The van der Waals surface area contributed by atoms with Crippen molar-refractivity contribution in [2.45, 2.75) is 18.8 Å². The summed E-state index contributed by atoms with van der Waals surface area (Å²) in [5.74, 6) is -0.204. The zero-order valence-corrected chi connectivity index (χ0v) is 9.97. The molecule has 1 aliphatic heterocycles. The second-order valence-electron chi connectivity index (χ2n) is 4.19. The van der Waals surface area contributed by atoms with Gasteiger partial charge in [0.05, 0.1) is 13.7 Å². The fraction of sp³-hybridized carbons (Fsp3) is 0.500. The molecule has 0 aliphatic carbocycles. The average molecular weight is 239 g/mol. The molecule has 94 valence electrons. The van der Waals surface area contributed by atoms with Gasteiger partial charge in [0.15, 0.2) is 17.3 Å². The first-order chi connectivity index (χ1) is 8.08. The van der Waals surface area contributed by atoms with Gasteiger partial charge in [-0.3, -0.25) is 0 Å². The Kier molecular flexibility index (Phi) is 3.24. The number of nitrogens with two attached hydrogens (primary N) is 1. The smallest absolute Gasteiger partial charge is 0.178 e. The molecule has 5 heteroatoms. The van der Waals surface area contributed by atoms with E-state index in [1.165, 1.54) is 7.11 Å². The summed E-state index contributed by atoms with van der Waals surface area (Å²) < 4.78 is 16.2. The van der Waals surface area contributed by atoms with Gasteiger partial charge in [0.1, 0.15) is 6.10 Å². The first-order valence-electron chi connectivity index (χ1n) is 5.47. The highest BCUT2D eigenvalue weighted by Gasteiger charge is 2.36. The molecular formula is C12H17NO4. The van der Waals surface area contributed by atoms with Crippen LogP contribution in [0.25, 0.3) is 0 Å². The van der Waals surface area contributed by atoms with Crippen LogP contribution in [0, 0.1) is 0 Å². The summed E-state index contributed by atoms with van der Waals surface area (Å²) in [6, 6.07) is 5.16. The summed E-state index contributed by atoms with van der Waals surface area (Å²) >= 11 is 0. The monoisotopic (exact) mass is 239 g/mol. The molecule has 0 bridgehead atoms. The number of hydrogen-bond acceptors (Lipinski definition) is 5. The molecule has 2 rings (SSSR count). The van der Waals surface area contributed by atoms with Gasteiger partial charge in [0.2, 0.25) is 0 Å². The van der Waals surface area contributed by atoms with E-state index in [-0.39, 0.29) is 11.9 Å². The minimum Gasteiger partial charge on any atom is -0.504 e. The Morgan fingerprint density at radius 2 is 2.35 bits per heavy atom. The third kappa shape index (κ3) is 2.36. The zero-order chi connectivity index (χ0) is 12.5. The van der Waals surface area contributed by atoms with Crippen LogP contribution in [0.3, 0.4) is 0 Å². The lowest BCUT2D eigenvalue weighted by molar-refractivity contribution is -0.145. The van der Waals surface area contributed by atoms with E-state index < -0.39 is 5.79 Å². The van der Waals surface area contributed by atoms with Gasteiger partial charge in [0, 0.05) is 6.54 Å². The van der Waals surface area contributed by atoms with Crippen LogP contribution in [0.15, 0.2) is 18.2 Å². The van der Waals surface area contributed by atoms with Gasteiger partial charge in [-0.15, -0.1) is 0 Å². The number of phenols is 1. The minimum atomic E-state index is -0.736. The van der Waals surface area contributed by atoms with Crippen LogP contribution in [0.4, 0.5) is 0 Å². The first kappa shape index (κ1) is 12.2. The number of rotatable bonds is 3. The molecule has 1 aromatic carbocycles. The minimum absolute atomic E-state index is 0.0925. The van der Waals surface area contributed by atoms with E-state index in [2.05, 4.69) is 0 Å². The van der Waals surface area contributed by atoms with Crippen molar-refractivity contribution in [2.24, 2.45) is 5.73 Å². The number of ether oxygens (including phenoxy) is 3. The van der Waals surface area contributed by atoms with Crippen LogP contribution in [0.2, 0.25) is 0 Å². The van der Waals surface area contributed by atoms with Crippen LogP contribution in [0.5, 0.6) is 11.5 Å². The maximum absolute atomic E-state index is 9.69. The van der Waals surface area contributed by atoms with Crippen LogP contribution < -0.4 is 10.5 Å². The van der Waals surface area contributed by atoms with Gasteiger partial charge in [-0.05, 0) is 24.6 Å². The molecule has 17 heavy (non-hydrogen) atoms. The van der Waals surface area contributed by atoms with Crippen molar-refractivity contribution in [1.29, 1.82) is 0 Å². The van der Waals surface area contributed by atoms with Crippen molar-refractivity contribution >= 4 is 0 Å². The lowest BCUT2D eigenvalue weighted by atomic mass is 10.1. The Bertz CT molecular complexity index is 409. The Morgan fingerprint density at radius 1 is 1.59 bits per heavy atom. The molecule has 0 amide bonds. The van der Waals surface area contributed by atoms with Crippen molar-refractivity contribution in [2.75, 3.05) is 20.3 Å². The number of methoxy groups -OCH3 is 1. The Hall–Kier alpha value is -1.30. The lowest BCUT2D eigenvalue weighted by Gasteiger charge is -2.21. The maximum atomic E-state index is 9.69. The van der Waals surface area contributed by atoms with Crippen LogP contribution in [-0.4, -0.2) is 31.2 Å². The zero-order valence-electron chi connectivity index (χ0n) is 9.97. The molecule has 0 spiro atoms. The molecule has 0 saturated carbocycles. The summed E-state index contributed by atoms with van der Waals surface area (Å²) in [5.41, 5.74) is 6.41. The van der Waals surface area contributed by atoms with Crippen molar-refractivity contribution in [1.82, 2.24) is 0 Å². The number of aromatic hydroxyl groups is 1. The topological polar surface area (TPSA) is 73.9 Å². The Morgan fingerprint density at radius 3 is 2.88 bits per heavy atom. The Labute approximate surface area is 100 Å². The summed E-state index contributed by atoms with van der Waals surface area (Å²) in [7, 11) is 1.51. The predicted molar refractivity (Wildman–Crippen MR) is 61.9 cm³/mol. The highest BCUT2D eigenvalue weighted by Crippen LogP contribution is 2.36. The standard InChI is InChI=1S/C12H17NO4/c1-12(7-13)16-6-11(17-12)8-3-4-10(15-2)9(14)5-8/h3-5,11,14H,6-7,13H2,1-2H3. The van der Waals surface area contributed by atoms with E-state index in [0.717, 1.165) is 5.56 Å². The molecule has 3 N–H and O–H groups in total. The molecule has 5 nitrogen and oxygen atoms in total. The fourth-order valence-electron chi connectivity index (χ4n) is 1.80. The van der Waals surface area contributed by atoms with Crippen LogP contribution in [0.1, 0.15) is 18.6 Å². The molecule has 1 fully saturated rings. The second-order valence-corrected chi connectivity index (χ2v) is 4.19. The molecule has 0 radical (unpaired) electrons. The van der Waals surface area contributed by atoms with Gasteiger partial charge < -0.3 is 25.1 Å². The van der Waals surface area contributed by atoms with Crippen molar-refractivity contribution in [3.8, 4) is 11.5 Å². The predicted octanol–water partition coefficient (Wildman–Crippen LogP) is 1.16. The summed E-state index contributed by atoms with van der Waals surface area (Å²) in [4.78, 5) is 0. The molecular weight excluding hydrogens is 222 g/mol. The van der Waals surface area contributed by atoms with Crippen LogP contribution >= 0.6 is 0 Å². The summed E-state index contributed by atoms with van der Waals surface area (Å²) in [5, 5.41) is 9.69. The quantitative estimate of drug-likeness (QED) is 0.828. The van der Waals surface area contributed by atoms with E-state index in [4.69, 9.17) is 19.9 Å². The largest absolute Gasteiger partial charge is 0.504 e. The average Bonchev–Trinajstić information content (AvgIpc) is 2.73. The third-order valence-corrected chi connectivity index (χ3v) is 2.88. The van der Waals surface area contributed by atoms with Gasteiger partial charge >= 0.3 is 0 Å². The fourth-order valence-corrected chi connectivity index (χ4v) is 1.80. The number of benzene rings is 1. The van der Waals surface area contributed by atoms with Crippen LogP contribution in [-0.2, 0) is 9.47 Å². The third-order valence-electron chi connectivity index (χ3n) is 2.88. The van der Waals surface area contributed by atoms with Gasteiger partial charge in [-0.1, -0.05) is 6.07 Å². The Balaban J connectivity index is 2.17. The normalized spacial score (nSPS) is 28.3. The van der Waals surface area contributed by atoms with Gasteiger partial charge in [-0.25, -0.2) is 0 Å². The first-order valence-corrected chi connectivity index (χ1v) is 5.47. The summed E-state index contributed by atoms with van der Waals surface area (Å²) in [6.45, 7) is 2.53. The summed E-state index contributed by atoms with van der Waals surface area (Å²) in [6.07, 6.45) is -0.208. The highest BCUT2D eigenvalue weighted by atomic mass is 16.7. The second kappa shape index (κ2) is 4.52. The van der Waals surface area contributed by atoms with Gasteiger partial charge in [-0.2, -0.15) is 0 Å². The van der Waals surface area contributed by atoms with Crippen molar-refractivity contribution in [3.05, 3.63) is 23.8 Å². The van der Waals surface area contributed by atoms with E-state index in [9.17, 15) is 5.11 Å². The molecule has 1 heterocycles. The lowest BCUT2D eigenvalue weighted by Crippen LogP contribution is -2.35. The molecule has 0 aromatic heterocycles. The molecule has 1 aromatic rings. The number of hydrogen-bond donors (Lipinski definition) is 2. The van der Waals surface area contributed by atoms with E-state index in [0.29, 0.717) is 18.9 Å². The molecule has 2 unspecified atom stereocenters. The molecule has 1 saturated heterocycles.